The Morgan fingerprint density at radius 2 is 1.78 bits per heavy atom. The molecule has 3 heterocycles. The number of fused-ring (bicyclic) bond motifs is 1. The van der Waals surface area contributed by atoms with Crippen LogP contribution in [0.2, 0.25) is 0 Å². The molecule has 0 bridgehead atoms. The molecule has 1 fully saturated rings. The van der Waals surface area contributed by atoms with E-state index in [9.17, 15) is 14.7 Å². The van der Waals surface area contributed by atoms with Gasteiger partial charge in [0.15, 0.2) is 11.5 Å². The SMILES string of the molecule is C=CCc1c(N(CC=C)C2CCCN(C(=O)O)[C@H]2C(C)(C)C)nc2ccnn2c1N(C(=O)OC(C)(C)C)c1ccc(OCC)cc1. The number of benzene rings is 1. The molecule has 1 aliphatic heterocycles. The van der Waals surface area contributed by atoms with E-state index < -0.39 is 17.8 Å². The fraction of sp³-hybridized carbons (Fsp3) is 0.486. The second-order valence-corrected chi connectivity index (χ2v) is 13.5. The summed E-state index contributed by atoms with van der Waals surface area (Å²) in [7, 11) is 0. The Bertz CT molecular complexity index is 1550. The zero-order chi connectivity index (χ0) is 33.8. The molecule has 2 amide bonds. The number of nitrogens with zero attached hydrogens (tertiary/aromatic N) is 6. The number of hydrogen-bond donors (Lipinski definition) is 1. The topological polar surface area (TPSA) is 113 Å². The third kappa shape index (κ3) is 7.29. The predicted octanol–water partition coefficient (Wildman–Crippen LogP) is 7.48. The number of hydrogen-bond acceptors (Lipinski definition) is 7. The molecule has 2 atom stereocenters. The Morgan fingerprint density at radius 3 is 2.35 bits per heavy atom. The summed E-state index contributed by atoms with van der Waals surface area (Å²) < 4.78 is 13.3. The van der Waals surface area contributed by atoms with Gasteiger partial charge in [-0.05, 0) is 76.6 Å². The highest BCUT2D eigenvalue weighted by Gasteiger charge is 2.45. The van der Waals surface area contributed by atoms with Crippen molar-refractivity contribution in [1.82, 2.24) is 19.5 Å². The van der Waals surface area contributed by atoms with E-state index in [-0.39, 0.29) is 17.5 Å². The number of aromatic nitrogens is 3. The van der Waals surface area contributed by atoms with Crippen molar-refractivity contribution >= 4 is 35.2 Å². The summed E-state index contributed by atoms with van der Waals surface area (Å²) in [6.07, 6.45) is 5.47. The van der Waals surface area contributed by atoms with Crippen LogP contribution in [0.1, 0.15) is 66.9 Å². The molecule has 0 radical (unpaired) electrons. The number of allylic oxidation sites excluding steroid dienone is 1. The highest BCUT2D eigenvalue weighted by molar-refractivity contribution is 5.97. The fourth-order valence-electron chi connectivity index (χ4n) is 6.30. The van der Waals surface area contributed by atoms with Crippen LogP contribution in [-0.2, 0) is 11.2 Å². The third-order valence-corrected chi connectivity index (χ3v) is 7.86. The van der Waals surface area contributed by atoms with Crippen molar-refractivity contribution in [3.63, 3.8) is 0 Å². The molecular weight excluding hydrogens is 584 g/mol. The summed E-state index contributed by atoms with van der Waals surface area (Å²) in [6, 6.07) is 8.47. The van der Waals surface area contributed by atoms with Crippen LogP contribution in [-0.4, -0.2) is 74.2 Å². The highest BCUT2D eigenvalue weighted by atomic mass is 16.6. The van der Waals surface area contributed by atoms with Crippen LogP contribution in [0.3, 0.4) is 0 Å². The van der Waals surface area contributed by atoms with Crippen molar-refractivity contribution in [2.24, 2.45) is 5.41 Å². The molecule has 4 rings (SSSR count). The maximum Gasteiger partial charge on any atom is 0.420 e. The Kier molecular flexibility index (Phi) is 10.3. The molecule has 0 spiro atoms. The van der Waals surface area contributed by atoms with Gasteiger partial charge < -0.3 is 24.4 Å². The minimum Gasteiger partial charge on any atom is -0.494 e. The molecule has 11 nitrogen and oxygen atoms in total. The van der Waals surface area contributed by atoms with Gasteiger partial charge in [-0.25, -0.2) is 19.5 Å². The Labute approximate surface area is 272 Å². The van der Waals surface area contributed by atoms with Crippen molar-refractivity contribution in [2.45, 2.75) is 85.4 Å². The molecule has 1 aromatic carbocycles. The van der Waals surface area contributed by atoms with Crippen LogP contribution in [0.25, 0.3) is 5.65 Å². The van der Waals surface area contributed by atoms with E-state index in [4.69, 9.17) is 14.5 Å². The van der Waals surface area contributed by atoms with E-state index in [0.717, 1.165) is 6.42 Å². The molecule has 46 heavy (non-hydrogen) atoms. The van der Waals surface area contributed by atoms with E-state index in [1.807, 2.05) is 52.0 Å². The van der Waals surface area contributed by atoms with E-state index >= 15 is 0 Å². The first kappa shape index (κ1) is 34.3. The standard InChI is InChI=1S/C35H48N6O5/c1-10-14-26-30(38(22-11-2)27-15-13-23-39(32(42)43)29(27)34(4,5)6)37-28-20-21-36-41(28)31(26)40(33(44)46-35(7,8)9)24-16-18-25(19-17-24)45-12-3/h10-11,16-21,27,29H,1-2,12-15,22-23H2,3-9H3,(H,42,43)/t27?,29-/m1/s1. The minimum absolute atomic E-state index is 0.224. The second kappa shape index (κ2) is 13.8. The molecule has 0 aliphatic carbocycles. The zero-order valence-corrected chi connectivity index (χ0v) is 28.2. The normalized spacial score (nSPS) is 17.0. The van der Waals surface area contributed by atoms with Gasteiger partial charge in [-0.3, -0.25) is 0 Å². The second-order valence-electron chi connectivity index (χ2n) is 13.5. The van der Waals surface area contributed by atoms with E-state index in [0.29, 0.717) is 66.8 Å². The zero-order valence-electron chi connectivity index (χ0n) is 28.2. The first-order valence-electron chi connectivity index (χ1n) is 15.8. The van der Waals surface area contributed by atoms with Crippen LogP contribution in [0.4, 0.5) is 26.9 Å². The van der Waals surface area contributed by atoms with E-state index in [1.165, 1.54) is 4.90 Å². The smallest absolute Gasteiger partial charge is 0.420 e. The van der Waals surface area contributed by atoms with Gasteiger partial charge in [0.05, 0.1) is 30.6 Å². The van der Waals surface area contributed by atoms with Crippen LogP contribution in [0.5, 0.6) is 5.75 Å². The summed E-state index contributed by atoms with van der Waals surface area (Å²) in [6.45, 7) is 23.1. The van der Waals surface area contributed by atoms with Gasteiger partial charge in [0.2, 0.25) is 0 Å². The maximum absolute atomic E-state index is 14.2. The largest absolute Gasteiger partial charge is 0.494 e. The number of carboxylic acid groups (broad SMARTS) is 1. The maximum atomic E-state index is 14.2. The number of rotatable bonds is 10. The summed E-state index contributed by atoms with van der Waals surface area (Å²) in [5.74, 6) is 1.73. The average Bonchev–Trinajstić information content (AvgIpc) is 3.45. The minimum atomic E-state index is -0.944. The number of anilines is 3. The van der Waals surface area contributed by atoms with Crippen molar-refractivity contribution in [2.75, 3.05) is 29.5 Å². The number of carbonyl (C=O) groups excluding carboxylic acids is 1. The molecule has 3 aromatic rings. The molecular formula is C35H48N6O5. The van der Waals surface area contributed by atoms with Gasteiger partial charge in [0.25, 0.3) is 0 Å². The number of ether oxygens (including phenoxy) is 2. The van der Waals surface area contributed by atoms with E-state index in [2.05, 4.69) is 43.9 Å². The molecule has 1 unspecified atom stereocenters. The lowest BCUT2D eigenvalue weighted by Gasteiger charge is -2.50. The Morgan fingerprint density at radius 1 is 1.09 bits per heavy atom. The van der Waals surface area contributed by atoms with Gasteiger partial charge >= 0.3 is 12.2 Å². The number of piperidine rings is 1. The summed E-state index contributed by atoms with van der Waals surface area (Å²) in [5.41, 5.74) is 0.595. The monoisotopic (exact) mass is 632 g/mol. The summed E-state index contributed by atoms with van der Waals surface area (Å²) in [5, 5.41) is 14.9. The number of likely N-dealkylation sites (tertiary alicyclic amines) is 1. The van der Waals surface area contributed by atoms with Gasteiger partial charge in [0.1, 0.15) is 17.2 Å². The Hall–Kier alpha value is -4.54. The van der Waals surface area contributed by atoms with Crippen molar-refractivity contribution < 1.29 is 24.2 Å². The van der Waals surface area contributed by atoms with Gasteiger partial charge in [-0.2, -0.15) is 9.61 Å². The van der Waals surface area contributed by atoms with Gasteiger partial charge in [-0.1, -0.05) is 32.9 Å². The molecule has 1 saturated heterocycles. The summed E-state index contributed by atoms with van der Waals surface area (Å²) in [4.78, 5) is 37.0. The average molecular weight is 633 g/mol. The van der Waals surface area contributed by atoms with Gasteiger partial charge in [0, 0.05) is 24.7 Å². The van der Waals surface area contributed by atoms with Crippen LogP contribution in [0, 0.1) is 5.41 Å². The lowest BCUT2D eigenvalue weighted by atomic mass is 9.77. The van der Waals surface area contributed by atoms with E-state index in [1.54, 1.807) is 33.8 Å². The molecule has 1 N–H and O–H groups in total. The van der Waals surface area contributed by atoms with Crippen LogP contribution in [0.15, 0.2) is 61.8 Å². The van der Waals surface area contributed by atoms with Crippen molar-refractivity contribution in [1.29, 1.82) is 0 Å². The first-order chi connectivity index (χ1) is 21.7. The van der Waals surface area contributed by atoms with Crippen molar-refractivity contribution in [3.8, 4) is 5.75 Å². The van der Waals surface area contributed by atoms with Crippen molar-refractivity contribution in [3.05, 3.63) is 67.4 Å². The third-order valence-electron chi connectivity index (χ3n) is 7.86. The number of carbonyl (C=O) groups is 2. The van der Waals surface area contributed by atoms with Gasteiger partial charge in [-0.15, -0.1) is 13.2 Å². The molecule has 1 aliphatic rings. The van der Waals surface area contributed by atoms with Crippen LogP contribution < -0.4 is 14.5 Å². The summed E-state index contributed by atoms with van der Waals surface area (Å²) >= 11 is 0. The van der Waals surface area contributed by atoms with Crippen LogP contribution >= 0.6 is 0 Å². The molecule has 0 saturated carbocycles. The quantitative estimate of drug-likeness (QED) is 0.229. The highest BCUT2D eigenvalue weighted by Crippen LogP contribution is 2.41. The first-order valence-corrected chi connectivity index (χ1v) is 15.8. The fourth-order valence-corrected chi connectivity index (χ4v) is 6.30. The molecule has 248 valence electrons. The predicted molar refractivity (Wildman–Crippen MR) is 181 cm³/mol. The lowest BCUT2D eigenvalue weighted by Crippen LogP contribution is -2.62. The Balaban J connectivity index is 2.03. The molecule has 2 aromatic heterocycles. The molecule has 11 heteroatoms. The lowest BCUT2D eigenvalue weighted by molar-refractivity contribution is 0.0454. The number of amides is 2.